The summed E-state index contributed by atoms with van der Waals surface area (Å²) < 4.78 is 2.72. The molecule has 7 nitrogen and oxygen atoms in total. The Bertz CT molecular complexity index is 1640. The molecule has 2 N–H and O–H groups in total. The van der Waals surface area contributed by atoms with Gasteiger partial charge in [0.2, 0.25) is 0 Å². The summed E-state index contributed by atoms with van der Waals surface area (Å²) in [5.74, 6) is 1.05. The van der Waals surface area contributed by atoms with E-state index < -0.39 is 0 Å². The van der Waals surface area contributed by atoms with Crippen molar-refractivity contribution in [3.63, 3.8) is 0 Å². The van der Waals surface area contributed by atoms with Gasteiger partial charge in [-0.25, -0.2) is 4.98 Å². The molecular weight excluding hydrogens is 540 g/mol. The first-order chi connectivity index (χ1) is 18.5. The molecule has 4 heterocycles. The number of ketones is 1. The summed E-state index contributed by atoms with van der Waals surface area (Å²) in [4.78, 5) is 23.1. The second-order valence-corrected chi connectivity index (χ2v) is 10.7. The predicted octanol–water partition coefficient (Wildman–Crippen LogP) is 6.11. The average molecular weight is 570 g/mol. The Morgan fingerprint density at radius 2 is 1.95 bits per heavy atom. The lowest BCUT2D eigenvalue weighted by Gasteiger charge is -2.32. The number of hydrogen-bond donors (Lipinski definition) is 2. The van der Waals surface area contributed by atoms with Crippen LogP contribution >= 0.6 is 15.9 Å². The largest absolute Gasteiger partial charge is 0.367 e. The molecule has 3 aromatic heterocycles. The molecule has 0 amide bonds. The van der Waals surface area contributed by atoms with E-state index in [0.29, 0.717) is 12.6 Å². The van der Waals surface area contributed by atoms with E-state index in [1.54, 1.807) is 12.3 Å². The van der Waals surface area contributed by atoms with Crippen molar-refractivity contribution < 1.29 is 4.79 Å². The van der Waals surface area contributed by atoms with Crippen LogP contribution in [0.1, 0.15) is 24.0 Å². The summed E-state index contributed by atoms with van der Waals surface area (Å²) in [6.45, 7) is 4.28. The number of carbonyl (C=O) groups is 1. The molecule has 192 valence electrons. The highest BCUT2D eigenvalue weighted by Crippen LogP contribution is 2.29. The second kappa shape index (κ2) is 10.6. The van der Waals surface area contributed by atoms with Gasteiger partial charge in [-0.3, -0.25) is 9.69 Å². The summed E-state index contributed by atoms with van der Waals surface area (Å²) in [5.41, 5.74) is 6.12. The standard InChI is InChI=1S/C30H29BrN6O/c1-20-6-2-3-7-24(20)28-16-29(37-30(35-28)26(31)18-33-37)34-22-12-14-36(15-13-22)19-23(38)11-10-21-17-32-27-9-5-4-8-25(21)27/h2-11,16-18,22,32,34H,12-15,19H2,1H3/b11-10+. The molecule has 1 aliphatic heterocycles. The number of nitrogens with one attached hydrogen (secondary N) is 2. The van der Waals surface area contributed by atoms with E-state index in [0.717, 1.165) is 69.6 Å². The second-order valence-electron chi connectivity index (χ2n) is 9.85. The number of para-hydroxylation sites is 1. The van der Waals surface area contributed by atoms with Gasteiger partial charge in [-0.05, 0) is 65.0 Å². The molecule has 38 heavy (non-hydrogen) atoms. The summed E-state index contributed by atoms with van der Waals surface area (Å²) in [7, 11) is 0. The summed E-state index contributed by atoms with van der Waals surface area (Å²) >= 11 is 3.60. The molecule has 0 saturated carbocycles. The monoisotopic (exact) mass is 568 g/mol. The molecule has 0 radical (unpaired) electrons. The Hall–Kier alpha value is -3.75. The molecule has 6 rings (SSSR count). The zero-order chi connectivity index (χ0) is 26.1. The highest BCUT2D eigenvalue weighted by molar-refractivity contribution is 9.10. The number of halogens is 1. The number of anilines is 1. The maximum absolute atomic E-state index is 12.7. The van der Waals surface area contributed by atoms with Crippen molar-refractivity contribution in [2.24, 2.45) is 0 Å². The van der Waals surface area contributed by atoms with Crippen LogP contribution in [0.4, 0.5) is 5.82 Å². The first kappa shape index (κ1) is 24.6. The summed E-state index contributed by atoms with van der Waals surface area (Å²) in [6, 6.07) is 18.8. The number of H-pyrrole nitrogens is 1. The molecule has 0 aliphatic carbocycles. The third-order valence-corrected chi connectivity index (χ3v) is 7.80. The minimum atomic E-state index is 0.127. The van der Waals surface area contributed by atoms with E-state index in [1.165, 1.54) is 5.56 Å². The third-order valence-electron chi connectivity index (χ3n) is 7.24. The normalized spacial score (nSPS) is 15.1. The van der Waals surface area contributed by atoms with Crippen LogP contribution in [0.25, 0.3) is 33.9 Å². The maximum atomic E-state index is 12.7. The molecular formula is C30H29BrN6O. The SMILES string of the molecule is Cc1ccccc1-c1cc(NC2CCN(CC(=O)/C=C/c3c[nH]c4ccccc34)CC2)n2ncc(Br)c2n1. The number of piperidine rings is 1. The van der Waals surface area contributed by atoms with E-state index in [9.17, 15) is 4.79 Å². The van der Waals surface area contributed by atoms with E-state index in [1.807, 2.05) is 47.1 Å². The van der Waals surface area contributed by atoms with Crippen molar-refractivity contribution in [1.82, 2.24) is 24.5 Å². The molecule has 0 bridgehead atoms. The van der Waals surface area contributed by atoms with Crippen LogP contribution in [0.3, 0.4) is 0 Å². The van der Waals surface area contributed by atoms with E-state index >= 15 is 0 Å². The Kier molecular flexibility index (Phi) is 6.82. The zero-order valence-corrected chi connectivity index (χ0v) is 22.8. The van der Waals surface area contributed by atoms with Gasteiger partial charge in [0.05, 0.1) is 22.9 Å². The Morgan fingerprint density at radius 1 is 1.16 bits per heavy atom. The molecule has 1 aliphatic rings. The highest BCUT2D eigenvalue weighted by atomic mass is 79.9. The Morgan fingerprint density at radius 3 is 2.79 bits per heavy atom. The minimum absolute atomic E-state index is 0.127. The van der Waals surface area contributed by atoms with Gasteiger partial charge >= 0.3 is 0 Å². The van der Waals surface area contributed by atoms with Crippen LogP contribution in [-0.2, 0) is 4.79 Å². The summed E-state index contributed by atoms with van der Waals surface area (Å²) in [5, 5.41) is 9.38. The number of rotatable bonds is 7. The molecule has 1 fully saturated rings. The molecule has 8 heteroatoms. The Labute approximate surface area is 229 Å². The lowest BCUT2D eigenvalue weighted by Crippen LogP contribution is -2.41. The van der Waals surface area contributed by atoms with Crippen LogP contribution < -0.4 is 5.32 Å². The number of likely N-dealkylation sites (tertiary alicyclic amines) is 1. The number of fused-ring (bicyclic) bond motifs is 2. The molecule has 2 aromatic carbocycles. The van der Waals surface area contributed by atoms with Gasteiger partial charge in [-0.2, -0.15) is 9.61 Å². The van der Waals surface area contributed by atoms with Crippen LogP contribution in [0.2, 0.25) is 0 Å². The minimum Gasteiger partial charge on any atom is -0.367 e. The van der Waals surface area contributed by atoms with Crippen molar-refractivity contribution in [1.29, 1.82) is 0 Å². The first-order valence-electron chi connectivity index (χ1n) is 12.9. The van der Waals surface area contributed by atoms with Gasteiger partial charge in [-0.15, -0.1) is 0 Å². The maximum Gasteiger partial charge on any atom is 0.172 e. The van der Waals surface area contributed by atoms with Crippen LogP contribution in [0.5, 0.6) is 0 Å². The molecule has 0 unspecified atom stereocenters. The van der Waals surface area contributed by atoms with E-state index in [4.69, 9.17) is 4.98 Å². The van der Waals surface area contributed by atoms with Crippen LogP contribution in [0, 0.1) is 6.92 Å². The molecule has 0 spiro atoms. The van der Waals surface area contributed by atoms with Gasteiger partial charge in [0, 0.05) is 47.9 Å². The fraction of sp³-hybridized carbons (Fsp3) is 0.233. The summed E-state index contributed by atoms with van der Waals surface area (Å²) in [6.07, 6.45) is 9.25. The van der Waals surface area contributed by atoms with Gasteiger partial charge < -0.3 is 10.3 Å². The quantitative estimate of drug-likeness (QED) is 0.232. The van der Waals surface area contributed by atoms with E-state index in [-0.39, 0.29) is 5.78 Å². The van der Waals surface area contributed by atoms with E-state index in [2.05, 4.69) is 67.4 Å². The third kappa shape index (κ3) is 5.01. The number of benzene rings is 2. The van der Waals surface area contributed by atoms with Crippen LogP contribution in [0.15, 0.2) is 77.5 Å². The first-order valence-corrected chi connectivity index (χ1v) is 13.7. The van der Waals surface area contributed by atoms with Gasteiger partial charge in [0.1, 0.15) is 5.82 Å². The van der Waals surface area contributed by atoms with Crippen molar-refractivity contribution in [3.8, 4) is 11.3 Å². The van der Waals surface area contributed by atoms with Crippen LogP contribution in [-0.4, -0.2) is 55.9 Å². The fourth-order valence-corrected chi connectivity index (χ4v) is 5.52. The average Bonchev–Trinajstić information content (AvgIpc) is 3.52. The van der Waals surface area contributed by atoms with Crippen molar-refractivity contribution in [3.05, 3.63) is 88.7 Å². The lowest BCUT2D eigenvalue weighted by atomic mass is 10.0. The highest BCUT2D eigenvalue weighted by Gasteiger charge is 2.22. The Balaban J connectivity index is 1.10. The molecule has 1 saturated heterocycles. The topological polar surface area (TPSA) is 78.3 Å². The number of aryl methyl sites for hydroxylation is 1. The smallest absolute Gasteiger partial charge is 0.172 e. The molecule has 0 atom stereocenters. The van der Waals surface area contributed by atoms with Crippen molar-refractivity contribution in [2.75, 3.05) is 25.0 Å². The predicted molar refractivity (Wildman–Crippen MR) is 156 cm³/mol. The zero-order valence-electron chi connectivity index (χ0n) is 21.2. The van der Waals surface area contributed by atoms with Crippen molar-refractivity contribution >= 4 is 50.2 Å². The lowest BCUT2D eigenvalue weighted by molar-refractivity contribution is -0.115. The number of aromatic amines is 1. The van der Waals surface area contributed by atoms with Crippen molar-refractivity contribution in [2.45, 2.75) is 25.8 Å². The van der Waals surface area contributed by atoms with Gasteiger partial charge in [0.25, 0.3) is 0 Å². The van der Waals surface area contributed by atoms with Gasteiger partial charge in [-0.1, -0.05) is 42.5 Å². The van der Waals surface area contributed by atoms with Gasteiger partial charge in [0.15, 0.2) is 11.4 Å². The fourth-order valence-electron chi connectivity index (χ4n) is 5.17. The number of aromatic nitrogens is 4. The number of carbonyl (C=O) groups excluding carboxylic acids is 1. The number of nitrogens with zero attached hydrogens (tertiary/aromatic N) is 4. The molecule has 5 aromatic rings. The number of hydrogen-bond acceptors (Lipinski definition) is 5.